The van der Waals surface area contributed by atoms with Crippen LogP contribution in [0, 0.1) is 0 Å². The minimum absolute atomic E-state index is 0.0718. The molecular weight excluding hydrogens is 1020 g/mol. The van der Waals surface area contributed by atoms with Gasteiger partial charge in [0.2, 0.25) is 0 Å². The molecule has 0 fully saturated rings. The van der Waals surface area contributed by atoms with Crippen LogP contribution >= 0.6 is 0 Å². The summed E-state index contributed by atoms with van der Waals surface area (Å²) >= 11 is 0. The highest BCUT2D eigenvalue weighted by Crippen LogP contribution is 2.18. The van der Waals surface area contributed by atoms with Gasteiger partial charge >= 0.3 is 17.9 Å². The molecule has 0 aromatic carbocycles. The summed E-state index contributed by atoms with van der Waals surface area (Å²) in [4.78, 5) is 38.5. The molecule has 0 bridgehead atoms. The summed E-state index contributed by atoms with van der Waals surface area (Å²) < 4.78 is 17.0. The van der Waals surface area contributed by atoms with Crippen LogP contribution in [0.2, 0.25) is 0 Å². The molecule has 0 rings (SSSR count). The SMILES string of the molecule is CC/C=C\C/C=C\C/C=C\C/C=C\C/C=C\CCCCCCCCCCCCCCCC(=O)OCC(COC(=O)CCCCCCCCCCCCCCCCCCCC)OC(=O)CCCCCCCCC/C=C\CCCCCCCCC. The van der Waals surface area contributed by atoms with E-state index in [1.165, 1.54) is 250 Å². The zero-order chi connectivity index (χ0) is 59.9. The molecule has 0 radical (unpaired) electrons. The van der Waals surface area contributed by atoms with Gasteiger partial charge in [0.15, 0.2) is 6.10 Å². The van der Waals surface area contributed by atoms with Crippen molar-refractivity contribution < 1.29 is 28.6 Å². The Labute approximate surface area is 516 Å². The molecule has 0 amide bonds. The van der Waals surface area contributed by atoms with E-state index in [1.54, 1.807) is 0 Å². The number of carbonyl (C=O) groups excluding carboxylic acids is 3. The minimum Gasteiger partial charge on any atom is -0.462 e. The van der Waals surface area contributed by atoms with Crippen LogP contribution in [0.5, 0.6) is 0 Å². The zero-order valence-electron chi connectivity index (χ0n) is 55.5. The van der Waals surface area contributed by atoms with Gasteiger partial charge in [0.25, 0.3) is 0 Å². The number of rotatable bonds is 67. The van der Waals surface area contributed by atoms with Gasteiger partial charge in [-0.25, -0.2) is 0 Å². The Hall–Kier alpha value is -3.15. The van der Waals surface area contributed by atoms with Crippen molar-refractivity contribution in [1.29, 1.82) is 0 Å². The maximum atomic E-state index is 13.0. The number of ether oxygens (including phenoxy) is 3. The molecule has 0 aromatic rings. The summed E-state index contributed by atoms with van der Waals surface area (Å²) in [6.45, 7) is 6.59. The number of unbranched alkanes of at least 4 members (excludes halogenated alkanes) is 44. The van der Waals surface area contributed by atoms with Crippen LogP contribution in [0.1, 0.15) is 380 Å². The third kappa shape index (κ3) is 69.5. The molecule has 0 aliphatic carbocycles. The molecule has 0 aromatic heterocycles. The van der Waals surface area contributed by atoms with Gasteiger partial charge in [-0.05, 0) is 89.9 Å². The largest absolute Gasteiger partial charge is 0.462 e. The molecule has 482 valence electrons. The first-order chi connectivity index (χ1) is 41.0. The van der Waals surface area contributed by atoms with Crippen molar-refractivity contribution in [3.05, 3.63) is 72.9 Å². The van der Waals surface area contributed by atoms with E-state index in [1.807, 2.05) is 0 Å². The average molecular weight is 1160 g/mol. The molecule has 6 nitrogen and oxygen atoms in total. The second kappa shape index (κ2) is 71.3. The molecule has 0 heterocycles. The van der Waals surface area contributed by atoms with Crippen molar-refractivity contribution in [1.82, 2.24) is 0 Å². The first-order valence-electron chi connectivity index (χ1n) is 36.4. The molecule has 0 spiro atoms. The van der Waals surface area contributed by atoms with Crippen molar-refractivity contribution in [3.63, 3.8) is 0 Å². The van der Waals surface area contributed by atoms with Crippen LogP contribution < -0.4 is 0 Å². The predicted molar refractivity (Wildman–Crippen MR) is 362 cm³/mol. The van der Waals surface area contributed by atoms with Crippen LogP contribution in [0.15, 0.2) is 72.9 Å². The Morgan fingerprint density at radius 1 is 0.253 bits per heavy atom. The van der Waals surface area contributed by atoms with Crippen LogP contribution in [0.25, 0.3) is 0 Å². The molecule has 6 heteroatoms. The van der Waals surface area contributed by atoms with E-state index in [0.717, 1.165) is 89.9 Å². The predicted octanol–water partition coefficient (Wildman–Crippen LogP) is 25.2. The lowest BCUT2D eigenvalue weighted by Gasteiger charge is -2.18. The number of hydrogen-bond donors (Lipinski definition) is 0. The molecule has 1 unspecified atom stereocenters. The summed E-state index contributed by atoms with van der Waals surface area (Å²) in [5, 5.41) is 0. The van der Waals surface area contributed by atoms with E-state index in [-0.39, 0.29) is 31.1 Å². The molecule has 1 atom stereocenters. The average Bonchev–Trinajstić information content (AvgIpc) is 3.49. The Morgan fingerprint density at radius 2 is 0.470 bits per heavy atom. The van der Waals surface area contributed by atoms with Crippen molar-refractivity contribution in [3.8, 4) is 0 Å². The molecule has 0 aliphatic heterocycles. The Balaban J connectivity index is 4.28. The smallest absolute Gasteiger partial charge is 0.306 e. The first kappa shape index (κ1) is 79.8. The summed E-state index contributed by atoms with van der Waals surface area (Å²) in [6, 6.07) is 0. The van der Waals surface area contributed by atoms with Gasteiger partial charge in [-0.15, -0.1) is 0 Å². The van der Waals surface area contributed by atoms with E-state index in [4.69, 9.17) is 14.2 Å². The fourth-order valence-corrected chi connectivity index (χ4v) is 10.8. The number of hydrogen-bond acceptors (Lipinski definition) is 6. The summed E-state index contributed by atoms with van der Waals surface area (Å²) in [6.07, 6.45) is 93.6. The molecule has 0 aliphatic rings. The summed E-state index contributed by atoms with van der Waals surface area (Å²) in [5.74, 6) is -0.852. The monoisotopic (exact) mass is 1160 g/mol. The number of allylic oxidation sites excluding steroid dienone is 12. The van der Waals surface area contributed by atoms with Gasteiger partial charge in [-0.3, -0.25) is 14.4 Å². The van der Waals surface area contributed by atoms with Gasteiger partial charge in [-0.2, -0.15) is 0 Å². The standard InChI is InChI=1S/C77H138O6/c1-4-7-10-13-16-19-22-25-28-31-34-35-36-37-38-39-40-41-42-43-44-47-49-52-55-58-61-64-67-70-76(79)82-73-74(83-77(80)71-68-65-62-59-56-53-50-46-33-30-27-24-21-18-15-12-9-6-3)72-81-75(78)69-66-63-60-57-54-51-48-45-32-29-26-23-20-17-14-11-8-5-2/h7,10,16,19,25,28,30,33-35,37-38,74H,4-6,8-9,11-15,17-18,20-24,26-27,29,31-32,36,39-73H2,1-3H3/b10-7-,19-16-,28-25-,33-30-,35-34-,38-37-. The molecule has 0 saturated heterocycles. The van der Waals surface area contributed by atoms with Crippen LogP contribution in [0.3, 0.4) is 0 Å². The van der Waals surface area contributed by atoms with Crippen LogP contribution in [0.4, 0.5) is 0 Å². The Bertz CT molecular complexity index is 1520. The van der Waals surface area contributed by atoms with Gasteiger partial charge < -0.3 is 14.2 Å². The van der Waals surface area contributed by atoms with Gasteiger partial charge in [0.05, 0.1) is 0 Å². The Kier molecular flexibility index (Phi) is 68.6. The quantitative estimate of drug-likeness (QED) is 0.0261. The van der Waals surface area contributed by atoms with E-state index in [0.29, 0.717) is 19.3 Å². The van der Waals surface area contributed by atoms with Crippen molar-refractivity contribution in [2.24, 2.45) is 0 Å². The normalized spacial score (nSPS) is 12.5. The van der Waals surface area contributed by atoms with E-state index >= 15 is 0 Å². The third-order valence-corrected chi connectivity index (χ3v) is 16.2. The number of carbonyl (C=O) groups is 3. The van der Waals surface area contributed by atoms with Gasteiger partial charge in [0, 0.05) is 19.3 Å². The minimum atomic E-state index is -0.777. The lowest BCUT2D eigenvalue weighted by atomic mass is 10.0. The lowest BCUT2D eigenvalue weighted by molar-refractivity contribution is -0.167. The van der Waals surface area contributed by atoms with Crippen molar-refractivity contribution >= 4 is 17.9 Å². The maximum Gasteiger partial charge on any atom is 0.306 e. The molecule has 83 heavy (non-hydrogen) atoms. The topological polar surface area (TPSA) is 78.9 Å². The highest BCUT2D eigenvalue weighted by atomic mass is 16.6. The van der Waals surface area contributed by atoms with E-state index < -0.39 is 6.10 Å². The number of esters is 3. The van der Waals surface area contributed by atoms with Gasteiger partial charge in [0.1, 0.15) is 13.2 Å². The highest BCUT2D eigenvalue weighted by molar-refractivity contribution is 5.71. The zero-order valence-corrected chi connectivity index (χ0v) is 55.5. The van der Waals surface area contributed by atoms with E-state index in [2.05, 4.69) is 93.7 Å². The fraction of sp³-hybridized carbons (Fsp3) is 0.805. The second-order valence-corrected chi connectivity index (χ2v) is 24.5. The fourth-order valence-electron chi connectivity index (χ4n) is 10.8. The van der Waals surface area contributed by atoms with Gasteiger partial charge in [-0.1, -0.05) is 344 Å². The summed E-state index contributed by atoms with van der Waals surface area (Å²) in [5.41, 5.74) is 0. The second-order valence-electron chi connectivity index (χ2n) is 24.5. The van der Waals surface area contributed by atoms with Crippen LogP contribution in [-0.4, -0.2) is 37.2 Å². The van der Waals surface area contributed by atoms with Crippen molar-refractivity contribution in [2.45, 2.75) is 386 Å². The molecule has 0 N–H and O–H groups in total. The lowest BCUT2D eigenvalue weighted by Crippen LogP contribution is -2.30. The van der Waals surface area contributed by atoms with Crippen molar-refractivity contribution in [2.75, 3.05) is 13.2 Å². The third-order valence-electron chi connectivity index (χ3n) is 16.2. The summed E-state index contributed by atoms with van der Waals surface area (Å²) in [7, 11) is 0. The van der Waals surface area contributed by atoms with E-state index in [9.17, 15) is 14.4 Å². The maximum absolute atomic E-state index is 13.0. The molecular formula is C77H138O6. The molecule has 0 saturated carbocycles. The Morgan fingerprint density at radius 3 is 0.747 bits per heavy atom. The first-order valence-corrected chi connectivity index (χ1v) is 36.4. The highest BCUT2D eigenvalue weighted by Gasteiger charge is 2.19. The van der Waals surface area contributed by atoms with Crippen LogP contribution in [-0.2, 0) is 28.6 Å².